The number of halogens is 1. The number of hydrogen-bond donors (Lipinski definition) is 1. The van der Waals surface area contributed by atoms with Gasteiger partial charge in [0.1, 0.15) is 0 Å². The summed E-state index contributed by atoms with van der Waals surface area (Å²) in [4.78, 5) is 23.0. The zero-order chi connectivity index (χ0) is 15.7. The van der Waals surface area contributed by atoms with Crippen molar-refractivity contribution in [3.8, 4) is 0 Å². The molecule has 21 heavy (non-hydrogen) atoms. The lowest BCUT2D eigenvalue weighted by molar-refractivity contribution is -0.144. The average molecular weight is 310 g/mol. The number of rotatable bonds is 7. The number of carbonyl (C=O) groups excluding carboxylic acids is 2. The first-order valence-electron chi connectivity index (χ1n) is 6.91. The van der Waals surface area contributed by atoms with Crippen LogP contribution in [0.4, 0.5) is 0 Å². The highest BCUT2D eigenvalue weighted by Gasteiger charge is 2.08. The summed E-state index contributed by atoms with van der Waals surface area (Å²) in [6.45, 7) is 3.69. The average Bonchev–Trinajstić information content (AvgIpc) is 2.43. The van der Waals surface area contributed by atoms with E-state index in [2.05, 4.69) is 5.32 Å². The Hall–Kier alpha value is -1.81. The quantitative estimate of drug-likeness (QED) is 0.621. The molecule has 1 rings (SSSR count). The van der Waals surface area contributed by atoms with E-state index in [4.69, 9.17) is 16.3 Å². The van der Waals surface area contributed by atoms with E-state index in [-0.39, 0.29) is 18.6 Å². The summed E-state index contributed by atoms with van der Waals surface area (Å²) < 4.78 is 4.86. The minimum Gasteiger partial charge on any atom is -0.452 e. The van der Waals surface area contributed by atoms with E-state index in [1.807, 2.05) is 19.9 Å². The van der Waals surface area contributed by atoms with Crippen molar-refractivity contribution in [2.75, 3.05) is 6.61 Å². The van der Waals surface area contributed by atoms with Gasteiger partial charge < -0.3 is 10.1 Å². The summed E-state index contributed by atoms with van der Waals surface area (Å²) in [5.41, 5.74) is 0.792. The third-order valence-corrected chi connectivity index (χ3v) is 2.97. The van der Waals surface area contributed by atoms with Crippen LogP contribution in [0.1, 0.15) is 32.3 Å². The van der Waals surface area contributed by atoms with Crippen LogP contribution in [0.15, 0.2) is 30.3 Å². The fourth-order valence-electron chi connectivity index (χ4n) is 1.78. The molecule has 1 aromatic rings. The lowest BCUT2D eigenvalue weighted by Gasteiger charge is -2.12. The van der Waals surface area contributed by atoms with Gasteiger partial charge in [0.2, 0.25) is 0 Å². The summed E-state index contributed by atoms with van der Waals surface area (Å²) in [5.74, 6) is -0.853. The Labute approximate surface area is 130 Å². The summed E-state index contributed by atoms with van der Waals surface area (Å²) in [7, 11) is 0. The minimum absolute atomic E-state index is 0.0863. The van der Waals surface area contributed by atoms with Gasteiger partial charge in [0, 0.05) is 17.1 Å². The molecule has 4 nitrogen and oxygen atoms in total. The second kappa shape index (κ2) is 9.19. The third kappa shape index (κ3) is 7.51. The second-order valence-corrected chi connectivity index (χ2v) is 5.19. The smallest absolute Gasteiger partial charge is 0.331 e. The molecule has 5 heteroatoms. The Bertz CT molecular complexity index is 514. The van der Waals surface area contributed by atoms with Crippen LogP contribution in [-0.2, 0) is 14.3 Å². The summed E-state index contributed by atoms with van der Waals surface area (Å²) >= 11 is 5.83. The molecule has 0 radical (unpaired) electrons. The molecule has 0 saturated heterocycles. The molecule has 0 fully saturated rings. The van der Waals surface area contributed by atoms with Gasteiger partial charge >= 0.3 is 5.97 Å². The van der Waals surface area contributed by atoms with Gasteiger partial charge in [0.15, 0.2) is 6.61 Å². The van der Waals surface area contributed by atoms with Gasteiger partial charge in [0.25, 0.3) is 5.91 Å². The molecule has 0 aliphatic rings. The van der Waals surface area contributed by atoms with Crippen LogP contribution < -0.4 is 5.32 Å². The number of amides is 1. The summed E-state index contributed by atoms with van der Waals surface area (Å²) in [6, 6.07) is 7.16. The fraction of sp³-hybridized carbons (Fsp3) is 0.375. The van der Waals surface area contributed by atoms with Crippen molar-refractivity contribution in [1.29, 1.82) is 0 Å². The van der Waals surface area contributed by atoms with E-state index in [0.29, 0.717) is 5.02 Å². The first-order valence-corrected chi connectivity index (χ1v) is 7.28. The first-order chi connectivity index (χ1) is 10.0. The topological polar surface area (TPSA) is 55.4 Å². The van der Waals surface area contributed by atoms with Crippen LogP contribution in [0.25, 0.3) is 6.08 Å². The molecule has 1 amide bonds. The molecular formula is C16H20ClNO3. The predicted octanol–water partition coefficient (Wildman–Crippen LogP) is 3.20. The number of nitrogens with one attached hydrogen (secondary N) is 1. The SMILES string of the molecule is CCC[C@H](C)NC(=O)COC(=O)/C=C/c1cccc(Cl)c1. The molecule has 1 N–H and O–H groups in total. The standard InChI is InChI=1S/C16H20ClNO3/c1-3-5-12(2)18-15(19)11-21-16(20)9-8-13-6-4-7-14(17)10-13/h4,6-10,12H,3,5,11H2,1-2H3,(H,18,19)/b9-8+/t12-/m0/s1. The lowest BCUT2D eigenvalue weighted by atomic mass is 10.2. The van der Waals surface area contributed by atoms with Gasteiger partial charge in [-0.15, -0.1) is 0 Å². The Morgan fingerprint density at radius 2 is 2.19 bits per heavy atom. The van der Waals surface area contributed by atoms with Crippen LogP contribution in [0.5, 0.6) is 0 Å². The molecule has 0 aliphatic heterocycles. The maximum absolute atomic E-state index is 11.5. The van der Waals surface area contributed by atoms with Crippen molar-refractivity contribution in [3.05, 3.63) is 40.9 Å². The van der Waals surface area contributed by atoms with E-state index in [9.17, 15) is 9.59 Å². The van der Waals surface area contributed by atoms with Crippen molar-refractivity contribution >= 4 is 29.6 Å². The first kappa shape index (κ1) is 17.2. The van der Waals surface area contributed by atoms with E-state index >= 15 is 0 Å². The second-order valence-electron chi connectivity index (χ2n) is 4.75. The van der Waals surface area contributed by atoms with Crippen LogP contribution in [-0.4, -0.2) is 24.5 Å². The Balaban J connectivity index is 2.35. The van der Waals surface area contributed by atoms with Crippen LogP contribution in [0.2, 0.25) is 5.02 Å². The third-order valence-electron chi connectivity index (χ3n) is 2.74. The predicted molar refractivity (Wildman–Crippen MR) is 84.0 cm³/mol. The molecule has 0 unspecified atom stereocenters. The normalized spacial score (nSPS) is 12.1. The molecule has 0 saturated carbocycles. The van der Waals surface area contributed by atoms with Crippen LogP contribution >= 0.6 is 11.6 Å². The molecule has 0 spiro atoms. The van der Waals surface area contributed by atoms with E-state index in [0.717, 1.165) is 18.4 Å². The number of ether oxygens (including phenoxy) is 1. The zero-order valence-electron chi connectivity index (χ0n) is 12.3. The van der Waals surface area contributed by atoms with E-state index in [1.54, 1.807) is 24.3 Å². The zero-order valence-corrected chi connectivity index (χ0v) is 13.0. The number of carbonyl (C=O) groups is 2. The van der Waals surface area contributed by atoms with Crippen LogP contribution in [0, 0.1) is 0 Å². The number of hydrogen-bond acceptors (Lipinski definition) is 3. The van der Waals surface area contributed by atoms with Gasteiger partial charge in [-0.1, -0.05) is 37.1 Å². The molecule has 0 bridgehead atoms. The van der Waals surface area contributed by atoms with E-state index in [1.165, 1.54) is 6.08 Å². The number of benzene rings is 1. The molecule has 0 aromatic heterocycles. The maximum atomic E-state index is 11.5. The van der Waals surface area contributed by atoms with Gasteiger partial charge in [0.05, 0.1) is 0 Å². The molecule has 0 heterocycles. The highest BCUT2D eigenvalue weighted by atomic mass is 35.5. The van der Waals surface area contributed by atoms with Crippen LogP contribution in [0.3, 0.4) is 0 Å². The van der Waals surface area contributed by atoms with E-state index < -0.39 is 5.97 Å². The molecule has 0 aliphatic carbocycles. The maximum Gasteiger partial charge on any atom is 0.331 e. The monoisotopic (exact) mass is 309 g/mol. The summed E-state index contributed by atoms with van der Waals surface area (Å²) in [5, 5.41) is 3.35. The van der Waals surface area contributed by atoms with Crippen molar-refractivity contribution in [3.63, 3.8) is 0 Å². The largest absolute Gasteiger partial charge is 0.452 e. The van der Waals surface area contributed by atoms with Crippen molar-refractivity contribution in [1.82, 2.24) is 5.32 Å². The molecule has 114 valence electrons. The lowest BCUT2D eigenvalue weighted by Crippen LogP contribution is -2.35. The molecule has 1 atom stereocenters. The van der Waals surface area contributed by atoms with Gasteiger partial charge in [-0.3, -0.25) is 4.79 Å². The Kier molecular flexibility index (Phi) is 7.54. The van der Waals surface area contributed by atoms with Crippen molar-refractivity contribution in [2.45, 2.75) is 32.7 Å². The Morgan fingerprint density at radius 3 is 2.86 bits per heavy atom. The number of esters is 1. The minimum atomic E-state index is -0.562. The molecular weight excluding hydrogens is 290 g/mol. The highest BCUT2D eigenvalue weighted by molar-refractivity contribution is 6.30. The summed E-state index contributed by atoms with van der Waals surface area (Å²) in [6.07, 6.45) is 4.75. The molecule has 1 aromatic carbocycles. The van der Waals surface area contributed by atoms with Crippen molar-refractivity contribution in [2.24, 2.45) is 0 Å². The van der Waals surface area contributed by atoms with Gasteiger partial charge in [-0.05, 0) is 37.1 Å². The Morgan fingerprint density at radius 1 is 1.43 bits per heavy atom. The van der Waals surface area contributed by atoms with Crippen molar-refractivity contribution < 1.29 is 14.3 Å². The highest BCUT2D eigenvalue weighted by Crippen LogP contribution is 2.11. The fourth-order valence-corrected chi connectivity index (χ4v) is 1.98. The van der Waals surface area contributed by atoms with Gasteiger partial charge in [-0.25, -0.2) is 4.79 Å². The van der Waals surface area contributed by atoms with Gasteiger partial charge in [-0.2, -0.15) is 0 Å².